The van der Waals surface area contributed by atoms with E-state index in [2.05, 4.69) is 65.0 Å². The van der Waals surface area contributed by atoms with Crippen molar-refractivity contribution in [2.45, 2.75) is 119 Å². The molecular weight excluding hydrogens is 480 g/mol. The van der Waals surface area contributed by atoms with Gasteiger partial charge in [0, 0.05) is 17.9 Å². The first-order valence-corrected chi connectivity index (χ1v) is 15.5. The van der Waals surface area contributed by atoms with E-state index in [0.717, 1.165) is 56.1 Å². The van der Waals surface area contributed by atoms with E-state index >= 15 is 0 Å². The number of benzene rings is 2. The molecule has 1 aliphatic rings. The summed E-state index contributed by atoms with van der Waals surface area (Å²) in [7, 11) is 0. The molecule has 3 nitrogen and oxygen atoms in total. The fraction of sp³-hybridized carbons (Fsp3) is 0.583. The molecule has 0 amide bonds. The van der Waals surface area contributed by atoms with E-state index in [4.69, 9.17) is 0 Å². The lowest BCUT2D eigenvalue weighted by molar-refractivity contribution is -0.129. The molecule has 0 radical (unpaired) electrons. The molecule has 3 unspecified atom stereocenters. The first kappa shape index (κ1) is 31.0. The van der Waals surface area contributed by atoms with E-state index in [9.17, 15) is 14.4 Å². The maximum absolute atomic E-state index is 13.6. The summed E-state index contributed by atoms with van der Waals surface area (Å²) in [5.74, 6) is 0.603. The molecule has 212 valence electrons. The lowest BCUT2D eigenvalue weighted by Crippen LogP contribution is -2.30. The summed E-state index contributed by atoms with van der Waals surface area (Å²) in [5, 5.41) is 0. The molecular formula is C36H50O3. The highest BCUT2D eigenvalue weighted by molar-refractivity contribution is 6.02. The second kappa shape index (κ2) is 14.7. The monoisotopic (exact) mass is 530 g/mol. The zero-order valence-corrected chi connectivity index (χ0v) is 25.3. The highest BCUT2D eigenvalue weighted by atomic mass is 16.1. The van der Waals surface area contributed by atoms with Crippen molar-refractivity contribution in [1.29, 1.82) is 0 Å². The van der Waals surface area contributed by atoms with Crippen molar-refractivity contribution in [3.05, 3.63) is 58.1 Å². The van der Waals surface area contributed by atoms with Crippen molar-refractivity contribution in [1.82, 2.24) is 0 Å². The molecule has 0 N–H and O–H groups in total. The number of hydrogen-bond donors (Lipinski definition) is 0. The van der Waals surface area contributed by atoms with E-state index in [-0.39, 0.29) is 41.5 Å². The largest absolute Gasteiger partial charge is 0.300 e. The van der Waals surface area contributed by atoms with Crippen molar-refractivity contribution in [3.63, 3.8) is 0 Å². The molecule has 2 aromatic carbocycles. The molecule has 1 aliphatic carbocycles. The molecule has 0 bridgehead atoms. The summed E-state index contributed by atoms with van der Waals surface area (Å²) in [6.45, 7) is 12.2. The third kappa shape index (κ3) is 7.77. The van der Waals surface area contributed by atoms with Crippen LogP contribution in [0.3, 0.4) is 0 Å². The van der Waals surface area contributed by atoms with Gasteiger partial charge in [-0.1, -0.05) is 83.7 Å². The average Bonchev–Trinajstić information content (AvgIpc) is 2.89. The van der Waals surface area contributed by atoms with Crippen LogP contribution < -0.4 is 0 Å². The molecule has 3 atom stereocenters. The number of carbonyl (C=O) groups excluding carboxylic acids is 3. The topological polar surface area (TPSA) is 51.2 Å². The Labute approximate surface area is 237 Å². The van der Waals surface area contributed by atoms with Crippen LogP contribution >= 0.6 is 0 Å². The summed E-state index contributed by atoms with van der Waals surface area (Å²) in [6, 6.07) is 11.3. The van der Waals surface area contributed by atoms with Crippen molar-refractivity contribution in [3.8, 4) is 11.1 Å². The van der Waals surface area contributed by atoms with Crippen LogP contribution in [0.15, 0.2) is 30.3 Å². The summed E-state index contributed by atoms with van der Waals surface area (Å²) in [6.07, 6.45) is 10.7. The Morgan fingerprint density at radius 3 is 2.36 bits per heavy atom. The van der Waals surface area contributed by atoms with Crippen molar-refractivity contribution in [2.24, 2.45) is 17.8 Å². The SMILES string of the molecule is CCCCCc1ccc(CC)c(-c2ccc(C)c3c2CC(CC(CCC)C(CC)C(=O)CC(C)=O)CC3=O)c1. The van der Waals surface area contributed by atoms with Crippen LogP contribution in [0, 0.1) is 24.7 Å². The summed E-state index contributed by atoms with van der Waals surface area (Å²) in [4.78, 5) is 38.4. The molecule has 0 saturated heterocycles. The van der Waals surface area contributed by atoms with Crippen LogP contribution in [0.4, 0.5) is 0 Å². The molecule has 0 saturated carbocycles. The number of rotatable bonds is 15. The molecule has 3 heteroatoms. The molecule has 0 aromatic heterocycles. The van der Waals surface area contributed by atoms with Gasteiger partial charge in [-0.05, 0) is 97.6 Å². The van der Waals surface area contributed by atoms with Crippen LogP contribution in [0.25, 0.3) is 11.1 Å². The van der Waals surface area contributed by atoms with Gasteiger partial charge in [-0.3, -0.25) is 14.4 Å². The summed E-state index contributed by atoms with van der Waals surface area (Å²) < 4.78 is 0. The van der Waals surface area contributed by atoms with Gasteiger partial charge in [0.2, 0.25) is 0 Å². The number of fused-ring (bicyclic) bond motifs is 1. The molecule has 0 fully saturated rings. The number of Topliss-reactive ketones (excluding diaryl/α,β-unsaturated/α-hetero) is 3. The third-order valence-corrected chi connectivity index (χ3v) is 8.82. The summed E-state index contributed by atoms with van der Waals surface area (Å²) >= 11 is 0. The van der Waals surface area contributed by atoms with E-state index in [1.54, 1.807) is 0 Å². The third-order valence-electron chi connectivity index (χ3n) is 8.82. The lowest BCUT2D eigenvalue weighted by atomic mass is 9.71. The Kier molecular flexibility index (Phi) is 11.7. The maximum Gasteiger partial charge on any atom is 0.163 e. The van der Waals surface area contributed by atoms with Gasteiger partial charge < -0.3 is 0 Å². The predicted molar refractivity (Wildman–Crippen MR) is 162 cm³/mol. The number of aryl methyl sites for hydroxylation is 3. The standard InChI is InChI=1S/C36H50O3/c1-7-11-12-14-26-16-17-28(9-3)32(21-26)31-18-15-24(5)36-33(31)22-27(23-35(36)39)20-29(13-8-2)30(10-4)34(38)19-25(6)37/h15-18,21,27,29-30H,7-14,19-20,22-23H2,1-6H3. The molecule has 0 heterocycles. The highest BCUT2D eigenvalue weighted by Crippen LogP contribution is 2.41. The van der Waals surface area contributed by atoms with E-state index in [0.29, 0.717) is 6.42 Å². The van der Waals surface area contributed by atoms with Crippen LogP contribution in [-0.4, -0.2) is 17.3 Å². The Bertz CT molecular complexity index is 1160. The Morgan fingerprint density at radius 2 is 1.72 bits per heavy atom. The number of hydrogen-bond acceptors (Lipinski definition) is 3. The van der Waals surface area contributed by atoms with Gasteiger partial charge in [0.05, 0.1) is 6.42 Å². The normalized spacial score (nSPS) is 16.6. The fourth-order valence-corrected chi connectivity index (χ4v) is 6.91. The minimum atomic E-state index is -0.103. The zero-order chi connectivity index (χ0) is 28.5. The van der Waals surface area contributed by atoms with Gasteiger partial charge in [-0.2, -0.15) is 0 Å². The predicted octanol–water partition coefficient (Wildman–Crippen LogP) is 9.08. The minimum absolute atomic E-state index is 0.0306. The first-order chi connectivity index (χ1) is 18.7. The van der Waals surface area contributed by atoms with E-state index in [1.807, 2.05) is 0 Å². The van der Waals surface area contributed by atoms with Gasteiger partial charge >= 0.3 is 0 Å². The molecule has 0 aliphatic heterocycles. The Morgan fingerprint density at radius 1 is 0.949 bits per heavy atom. The van der Waals surface area contributed by atoms with Crippen molar-refractivity contribution >= 4 is 17.3 Å². The lowest BCUT2D eigenvalue weighted by Gasteiger charge is -2.33. The van der Waals surface area contributed by atoms with Gasteiger partial charge in [0.15, 0.2) is 5.78 Å². The number of carbonyl (C=O) groups is 3. The minimum Gasteiger partial charge on any atom is -0.300 e. The second-order valence-electron chi connectivity index (χ2n) is 11.9. The van der Waals surface area contributed by atoms with Gasteiger partial charge in [-0.15, -0.1) is 0 Å². The van der Waals surface area contributed by atoms with Crippen LogP contribution in [0.5, 0.6) is 0 Å². The smallest absolute Gasteiger partial charge is 0.163 e. The van der Waals surface area contributed by atoms with Gasteiger partial charge in [0.1, 0.15) is 11.6 Å². The Hall–Kier alpha value is -2.55. The molecule has 0 spiro atoms. The number of ketones is 3. The molecule has 3 rings (SSSR count). The fourth-order valence-electron chi connectivity index (χ4n) is 6.91. The van der Waals surface area contributed by atoms with E-state index in [1.165, 1.54) is 54.0 Å². The van der Waals surface area contributed by atoms with Crippen LogP contribution in [0.2, 0.25) is 0 Å². The molecule has 2 aromatic rings. The van der Waals surface area contributed by atoms with E-state index < -0.39 is 0 Å². The second-order valence-corrected chi connectivity index (χ2v) is 11.9. The highest BCUT2D eigenvalue weighted by Gasteiger charge is 2.34. The van der Waals surface area contributed by atoms with Crippen LogP contribution in [-0.2, 0) is 28.9 Å². The first-order valence-electron chi connectivity index (χ1n) is 15.5. The summed E-state index contributed by atoms with van der Waals surface area (Å²) in [5.41, 5.74) is 8.41. The van der Waals surface area contributed by atoms with Crippen molar-refractivity contribution in [2.75, 3.05) is 0 Å². The Balaban J connectivity index is 1.98. The van der Waals surface area contributed by atoms with Gasteiger partial charge in [0.25, 0.3) is 0 Å². The maximum atomic E-state index is 13.6. The van der Waals surface area contributed by atoms with Crippen molar-refractivity contribution < 1.29 is 14.4 Å². The average molecular weight is 531 g/mol. The zero-order valence-electron chi connectivity index (χ0n) is 25.3. The quantitative estimate of drug-likeness (QED) is 0.170. The number of unbranched alkanes of at least 4 members (excludes halogenated alkanes) is 2. The van der Waals surface area contributed by atoms with Crippen LogP contribution in [0.1, 0.15) is 125 Å². The molecule has 39 heavy (non-hydrogen) atoms. The van der Waals surface area contributed by atoms with Gasteiger partial charge in [-0.25, -0.2) is 0 Å².